The van der Waals surface area contributed by atoms with Gasteiger partial charge in [0.1, 0.15) is 0 Å². The fourth-order valence-electron chi connectivity index (χ4n) is 0.959. The lowest BCUT2D eigenvalue weighted by Crippen LogP contribution is -1.71. The van der Waals surface area contributed by atoms with Crippen molar-refractivity contribution in [2.24, 2.45) is 0 Å². The van der Waals surface area contributed by atoms with Crippen molar-refractivity contribution in [3.8, 4) is 10.4 Å². The average Bonchev–Trinajstić information content (AvgIpc) is 2.58. The summed E-state index contributed by atoms with van der Waals surface area (Å²) in [6.07, 6.45) is 3.63. The van der Waals surface area contributed by atoms with Gasteiger partial charge >= 0.3 is 0 Å². The molecule has 0 fully saturated rings. The normalized spacial score (nSPS) is 9.82. The first-order chi connectivity index (χ1) is 5.47. The third-order valence-corrected chi connectivity index (χ3v) is 2.40. The zero-order chi connectivity index (χ0) is 7.52. The van der Waals surface area contributed by atoms with E-state index in [4.69, 9.17) is 0 Å². The Morgan fingerprint density at radius 2 is 1.91 bits per heavy atom. The second-order valence-electron chi connectivity index (χ2n) is 2.21. The summed E-state index contributed by atoms with van der Waals surface area (Å²) in [5.74, 6) is 0. The van der Waals surface area contributed by atoms with Gasteiger partial charge < -0.3 is 0 Å². The van der Waals surface area contributed by atoms with E-state index in [1.165, 1.54) is 10.4 Å². The van der Waals surface area contributed by atoms with Gasteiger partial charge in [-0.15, -0.1) is 11.3 Å². The molecule has 11 heavy (non-hydrogen) atoms. The molecule has 0 spiro atoms. The van der Waals surface area contributed by atoms with E-state index >= 15 is 0 Å². The number of thiophene rings is 1. The van der Waals surface area contributed by atoms with Crippen LogP contribution in [-0.2, 0) is 0 Å². The summed E-state index contributed by atoms with van der Waals surface area (Å²) in [5.41, 5.74) is 1.25. The summed E-state index contributed by atoms with van der Waals surface area (Å²) in [5, 5.41) is 2.08. The third kappa shape index (κ3) is 1.30. The van der Waals surface area contributed by atoms with Crippen LogP contribution in [0.2, 0.25) is 0 Å². The highest BCUT2D eigenvalue weighted by molar-refractivity contribution is 7.13. The maximum Gasteiger partial charge on any atom is 0.0343 e. The van der Waals surface area contributed by atoms with Crippen LogP contribution in [0.15, 0.2) is 42.0 Å². The Kier molecular flexibility index (Phi) is 1.69. The van der Waals surface area contributed by atoms with Crippen molar-refractivity contribution in [2.45, 2.75) is 0 Å². The fraction of sp³-hybridized carbons (Fsp3) is 0. The average molecular weight is 161 g/mol. The van der Waals surface area contributed by atoms with Crippen LogP contribution in [0.5, 0.6) is 0 Å². The minimum Gasteiger partial charge on any atom is -0.265 e. The number of nitrogens with zero attached hydrogens (tertiary/aromatic N) is 1. The van der Waals surface area contributed by atoms with Gasteiger partial charge in [-0.05, 0) is 29.1 Å². The second kappa shape index (κ2) is 2.84. The van der Waals surface area contributed by atoms with E-state index in [9.17, 15) is 0 Å². The van der Waals surface area contributed by atoms with Crippen LogP contribution in [-0.4, -0.2) is 4.98 Å². The molecule has 0 aliphatic rings. The van der Waals surface area contributed by atoms with Crippen molar-refractivity contribution in [1.29, 1.82) is 0 Å². The topological polar surface area (TPSA) is 12.9 Å². The largest absolute Gasteiger partial charge is 0.265 e. The van der Waals surface area contributed by atoms with Crippen molar-refractivity contribution in [3.05, 3.63) is 42.0 Å². The number of aromatic nitrogens is 1. The standard InChI is InChI=1S/C9H7NS/c1-2-9(11-7-1)8-3-5-10-6-4-8/h1-7H. The van der Waals surface area contributed by atoms with Crippen LogP contribution in [0.25, 0.3) is 10.4 Å². The molecule has 54 valence electrons. The minimum absolute atomic E-state index is 1.25. The lowest BCUT2D eigenvalue weighted by molar-refractivity contribution is 1.33. The first-order valence-corrected chi connectivity index (χ1v) is 4.29. The van der Waals surface area contributed by atoms with Gasteiger partial charge in [-0.3, -0.25) is 4.98 Å². The molecule has 0 aliphatic heterocycles. The molecule has 0 amide bonds. The predicted molar refractivity (Wildman–Crippen MR) is 47.6 cm³/mol. The van der Waals surface area contributed by atoms with Gasteiger partial charge in [0.25, 0.3) is 0 Å². The van der Waals surface area contributed by atoms with Crippen LogP contribution in [0.1, 0.15) is 0 Å². The quantitative estimate of drug-likeness (QED) is 0.626. The molecule has 0 aliphatic carbocycles. The van der Waals surface area contributed by atoms with Gasteiger partial charge in [-0.25, -0.2) is 0 Å². The summed E-state index contributed by atoms with van der Waals surface area (Å²) in [4.78, 5) is 5.26. The molecule has 0 saturated heterocycles. The number of hydrogen-bond acceptors (Lipinski definition) is 2. The van der Waals surface area contributed by atoms with E-state index < -0.39 is 0 Å². The predicted octanol–water partition coefficient (Wildman–Crippen LogP) is 2.81. The molecule has 0 unspecified atom stereocenters. The van der Waals surface area contributed by atoms with E-state index in [0.29, 0.717) is 0 Å². The van der Waals surface area contributed by atoms with Crippen molar-refractivity contribution in [1.82, 2.24) is 4.98 Å². The maximum absolute atomic E-state index is 3.96. The van der Waals surface area contributed by atoms with Gasteiger partial charge in [0.2, 0.25) is 0 Å². The van der Waals surface area contributed by atoms with Gasteiger partial charge in [0, 0.05) is 17.3 Å². The van der Waals surface area contributed by atoms with E-state index in [1.807, 2.05) is 24.5 Å². The Bertz CT molecular complexity index is 313. The molecule has 2 aromatic rings. The zero-order valence-electron chi connectivity index (χ0n) is 5.90. The molecule has 2 heteroatoms. The molecule has 2 rings (SSSR count). The minimum atomic E-state index is 1.25. The summed E-state index contributed by atoms with van der Waals surface area (Å²) in [6, 6.07) is 8.21. The van der Waals surface area contributed by atoms with Gasteiger partial charge in [0.05, 0.1) is 0 Å². The number of rotatable bonds is 1. The molecular formula is C9H7NS. The van der Waals surface area contributed by atoms with Gasteiger partial charge in [-0.2, -0.15) is 0 Å². The molecular weight excluding hydrogens is 154 g/mol. The molecule has 0 bridgehead atoms. The molecule has 0 saturated carbocycles. The lowest BCUT2D eigenvalue weighted by atomic mass is 10.2. The first-order valence-electron chi connectivity index (χ1n) is 3.41. The van der Waals surface area contributed by atoms with Crippen molar-refractivity contribution in [3.63, 3.8) is 0 Å². The van der Waals surface area contributed by atoms with Gasteiger partial charge in [0.15, 0.2) is 0 Å². The Morgan fingerprint density at radius 1 is 1.09 bits per heavy atom. The number of hydrogen-bond donors (Lipinski definition) is 0. The van der Waals surface area contributed by atoms with Crippen molar-refractivity contribution in [2.75, 3.05) is 0 Å². The molecule has 0 atom stereocenters. The van der Waals surface area contributed by atoms with Crippen LogP contribution in [0.3, 0.4) is 0 Å². The number of pyridine rings is 1. The maximum atomic E-state index is 3.96. The third-order valence-electron chi connectivity index (χ3n) is 1.49. The molecule has 2 heterocycles. The molecule has 2 aromatic heterocycles. The monoisotopic (exact) mass is 161 g/mol. The smallest absolute Gasteiger partial charge is 0.0343 e. The fourth-order valence-corrected chi connectivity index (χ4v) is 1.69. The molecule has 1 nitrogen and oxygen atoms in total. The van der Waals surface area contributed by atoms with Crippen molar-refractivity contribution < 1.29 is 0 Å². The molecule has 0 N–H and O–H groups in total. The van der Waals surface area contributed by atoms with E-state index in [-0.39, 0.29) is 0 Å². The lowest BCUT2D eigenvalue weighted by Gasteiger charge is -1.92. The van der Waals surface area contributed by atoms with E-state index in [0.717, 1.165) is 0 Å². The first kappa shape index (κ1) is 6.55. The summed E-state index contributed by atoms with van der Waals surface area (Å²) in [7, 11) is 0. The highest BCUT2D eigenvalue weighted by Crippen LogP contribution is 2.22. The summed E-state index contributed by atoms with van der Waals surface area (Å²) < 4.78 is 0. The van der Waals surface area contributed by atoms with E-state index in [1.54, 1.807) is 11.3 Å². The van der Waals surface area contributed by atoms with Crippen LogP contribution in [0.4, 0.5) is 0 Å². The Hall–Kier alpha value is -1.15. The Balaban J connectivity index is 2.46. The highest BCUT2D eigenvalue weighted by atomic mass is 32.1. The zero-order valence-corrected chi connectivity index (χ0v) is 6.71. The van der Waals surface area contributed by atoms with Crippen molar-refractivity contribution >= 4 is 11.3 Å². The van der Waals surface area contributed by atoms with Crippen LogP contribution in [0, 0.1) is 0 Å². The SMILES string of the molecule is c1csc(-c2ccncc2)c1. The Labute approximate surface area is 69.3 Å². The summed E-state index contributed by atoms with van der Waals surface area (Å²) >= 11 is 1.75. The van der Waals surface area contributed by atoms with E-state index in [2.05, 4.69) is 22.5 Å². The highest BCUT2D eigenvalue weighted by Gasteiger charge is 1.94. The Morgan fingerprint density at radius 3 is 2.55 bits per heavy atom. The van der Waals surface area contributed by atoms with Gasteiger partial charge in [-0.1, -0.05) is 6.07 Å². The van der Waals surface area contributed by atoms with Crippen LogP contribution >= 0.6 is 11.3 Å². The van der Waals surface area contributed by atoms with Crippen LogP contribution < -0.4 is 0 Å². The molecule has 0 aromatic carbocycles. The summed E-state index contributed by atoms with van der Waals surface area (Å²) in [6.45, 7) is 0. The second-order valence-corrected chi connectivity index (χ2v) is 3.16. The molecule has 0 radical (unpaired) electrons.